The van der Waals surface area contributed by atoms with E-state index < -0.39 is 0 Å². The van der Waals surface area contributed by atoms with Crippen LogP contribution in [0.1, 0.15) is 36.5 Å². The van der Waals surface area contributed by atoms with Crippen LogP contribution in [0, 0.1) is 0 Å². The minimum absolute atomic E-state index is 0.0207. The molecule has 1 aromatic carbocycles. The number of hydrogen-bond donors (Lipinski definition) is 0. The summed E-state index contributed by atoms with van der Waals surface area (Å²) in [5, 5.41) is 0. The van der Waals surface area contributed by atoms with Gasteiger partial charge in [-0.05, 0) is 6.42 Å². The Morgan fingerprint density at radius 2 is 1.72 bits per heavy atom. The first-order chi connectivity index (χ1) is 8.72. The zero-order chi connectivity index (χ0) is 13.4. The van der Waals surface area contributed by atoms with Gasteiger partial charge in [0.25, 0.3) is 0 Å². The third-order valence-electron chi connectivity index (χ3n) is 3.08. The van der Waals surface area contributed by atoms with Crippen molar-refractivity contribution in [3.8, 4) is 0 Å². The van der Waals surface area contributed by atoms with Gasteiger partial charge >= 0.3 is 0 Å². The molecule has 1 aromatic rings. The lowest BCUT2D eigenvalue weighted by Gasteiger charge is -2.24. The maximum absolute atomic E-state index is 12.1. The van der Waals surface area contributed by atoms with E-state index in [1.807, 2.05) is 30.3 Å². The Labute approximate surface area is 109 Å². The van der Waals surface area contributed by atoms with Gasteiger partial charge in [0.05, 0.1) is 12.2 Å². The Kier molecular flexibility index (Phi) is 6.61. The molecule has 0 spiro atoms. The molecule has 0 amide bonds. The largest absolute Gasteiger partial charge is 0.379 e. The molecule has 0 aliphatic carbocycles. The molecule has 0 bridgehead atoms. The van der Waals surface area contributed by atoms with Crippen molar-refractivity contribution in [3.05, 3.63) is 35.9 Å². The Hall–Kier alpha value is -1.19. The maximum atomic E-state index is 12.1. The van der Waals surface area contributed by atoms with Gasteiger partial charge in [-0.1, -0.05) is 43.7 Å². The molecule has 0 radical (unpaired) electrons. The summed E-state index contributed by atoms with van der Waals surface area (Å²) in [7, 11) is 3.30. The van der Waals surface area contributed by atoms with Crippen molar-refractivity contribution in [1.29, 1.82) is 0 Å². The first kappa shape index (κ1) is 14.9. The lowest BCUT2D eigenvalue weighted by atomic mass is 9.99. The number of benzene rings is 1. The molecule has 3 nitrogen and oxygen atoms in total. The predicted molar refractivity (Wildman–Crippen MR) is 71.9 cm³/mol. The van der Waals surface area contributed by atoms with Crippen molar-refractivity contribution in [1.82, 2.24) is 0 Å². The van der Waals surface area contributed by atoms with E-state index in [-0.39, 0.29) is 18.0 Å². The molecule has 0 fully saturated rings. The van der Waals surface area contributed by atoms with E-state index >= 15 is 0 Å². The van der Waals surface area contributed by atoms with Gasteiger partial charge in [-0.2, -0.15) is 0 Å². The molecular formula is C15H22O3. The van der Waals surface area contributed by atoms with Crippen molar-refractivity contribution in [2.24, 2.45) is 0 Å². The molecule has 0 saturated carbocycles. The highest BCUT2D eigenvalue weighted by Gasteiger charge is 2.23. The van der Waals surface area contributed by atoms with E-state index in [0.717, 1.165) is 18.4 Å². The fourth-order valence-electron chi connectivity index (χ4n) is 2.03. The number of methoxy groups -OCH3 is 2. The molecule has 0 aliphatic heterocycles. The number of Topliss-reactive ketones (excluding diaryl/α,β-unsaturated/α-hetero) is 1. The molecule has 0 aromatic heterocycles. The van der Waals surface area contributed by atoms with Crippen LogP contribution in [0.5, 0.6) is 0 Å². The highest BCUT2D eigenvalue weighted by molar-refractivity contribution is 5.96. The topological polar surface area (TPSA) is 35.5 Å². The van der Waals surface area contributed by atoms with E-state index in [0.29, 0.717) is 6.42 Å². The van der Waals surface area contributed by atoms with Crippen molar-refractivity contribution >= 4 is 5.78 Å². The smallest absolute Gasteiger partial charge is 0.165 e. The predicted octanol–water partition coefficient (Wildman–Crippen LogP) is 3.09. The Bertz CT molecular complexity index is 348. The van der Waals surface area contributed by atoms with Gasteiger partial charge in [-0.25, -0.2) is 0 Å². The average molecular weight is 250 g/mol. The number of carbonyl (C=O) groups is 1. The molecule has 100 valence electrons. The van der Waals surface area contributed by atoms with Crippen LogP contribution in [0.3, 0.4) is 0 Å². The molecular weight excluding hydrogens is 228 g/mol. The normalized spacial score (nSPS) is 14.2. The monoisotopic (exact) mass is 250 g/mol. The second-order valence-electron chi connectivity index (χ2n) is 4.33. The molecule has 0 aliphatic rings. The first-order valence-corrected chi connectivity index (χ1v) is 6.36. The number of carbonyl (C=O) groups excluding carboxylic acids is 1. The van der Waals surface area contributed by atoms with Gasteiger partial charge in [0.1, 0.15) is 0 Å². The molecule has 2 atom stereocenters. The van der Waals surface area contributed by atoms with Crippen LogP contribution in [0.4, 0.5) is 0 Å². The third kappa shape index (κ3) is 4.24. The summed E-state index contributed by atoms with van der Waals surface area (Å²) >= 11 is 0. The van der Waals surface area contributed by atoms with E-state index in [1.54, 1.807) is 14.2 Å². The lowest BCUT2D eigenvalue weighted by Crippen LogP contribution is -2.32. The van der Waals surface area contributed by atoms with E-state index in [1.165, 1.54) is 0 Å². The van der Waals surface area contributed by atoms with E-state index in [2.05, 4.69) is 6.92 Å². The standard InChI is InChI=1S/C15H22O3/c1-4-8-14(17-2)15(18-3)11-13(16)12-9-6-5-7-10-12/h5-7,9-10,14-15H,4,8,11H2,1-3H3. The van der Waals surface area contributed by atoms with Crippen LogP contribution in [0.15, 0.2) is 30.3 Å². The van der Waals surface area contributed by atoms with Crippen LogP contribution in [0.2, 0.25) is 0 Å². The fourth-order valence-corrected chi connectivity index (χ4v) is 2.03. The van der Waals surface area contributed by atoms with Gasteiger partial charge in [0, 0.05) is 26.2 Å². The second-order valence-corrected chi connectivity index (χ2v) is 4.33. The van der Waals surface area contributed by atoms with Crippen LogP contribution in [-0.2, 0) is 9.47 Å². The molecule has 0 heterocycles. The van der Waals surface area contributed by atoms with Crippen LogP contribution >= 0.6 is 0 Å². The molecule has 2 unspecified atom stereocenters. The Morgan fingerprint density at radius 1 is 1.11 bits per heavy atom. The maximum Gasteiger partial charge on any atom is 0.165 e. The number of rotatable bonds is 8. The molecule has 0 N–H and O–H groups in total. The minimum atomic E-state index is -0.178. The fraction of sp³-hybridized carbons (Fsp3) is 0.533. The summed E-state index contributed by atoms with van der Waals surface area (Å²) < 4.78 is 10.8. The van der Waals surface area contributed by atoms with Crippen LogP contribution in [0.25, 0.3) is 0 Å². The van der Waals surface area contributed by atoms with Crippen molar-refractivity contribution < 1.29 is 14.3 Å². The SMILES string of the molecule is CCCC(OC)C(CC(=O)c1ccccc1)OC. The molecule has 18 heavy (non-hydrogen) atoms. The third-order valence-corrected chi connectivity index (χ3v) is 3.08. The number of ether oxygens (including phenoxy) is 2. The summed E-state index contributed by atoms with van der Waals surface area (Å²) in [5.41, 5.74) is 0.728. The lowest BCUT2D eigenvalue weighted by molar-refractivity contribution is -0.0398. The number of hydrogen-bond acceptors (Lipinski definition) is 3. The van der Waals surface area contributed by atoms with E-state index in [9.17, 15) is 4.79 Å². The highest BCUT2D eigenvalue weighted by atomic mass is 16.5. The first-order valence-electron chi connectivity index (χ1n) is 6.36. The van der Waals surface area contributed by atoms with E-state index in [4.69, 9.17) is 9.47 Å². The highest BCUT2D eigenvalue weighted by Crippen LogP contribution is 2.15. The van der Waals surface area contributed by atoms with Crippen LogP contribution < -0.4 is 0 Å². The average Bonchev–Trinajstić information content (AvgIpc) is 2.43. The Morgan fingerprint density at radius 3 is 2.22 bits per heavy atom. The van der Waals surface area contributed by atoms with Crippen molar-refractivity contribution in [2.45, 2.75) is 38.4 Å². The summed E-state index contributed by atoms with van der Waals surface area (Å²) in [6, 6.07) is 9.30. The van der Waals surface area contributed by atoms with Crippen molar-refractivity contribution in [2.75, 3.05) is 14.2 Å². The zero-order valence-corrected chi connectivity index (χ0v) is 11.4. The van der Waals surface area contributed by atoms with Gasteiger partial charge in [0.15, 0.2) is 5.78 Å². The van der Waals surface area contributed by atoms with Gasteiger partial charge in [0.2, 0.25) is 0 Å². The summed E-state index contributed by atoms with van der Waals surface area (Å²) in [6.07, 6.45) is 2.07. The Balaban J connectivity index is 2.65. The van der Waals surface area contributed by atoms with Gasteiger partial charge in [-0.3, -0.25) is 4.79 Å². The molecule has 0 saturated heterocycles. The molecule has 3 heteroatoms. The second kappa shape index (κ2) is 8.01. The van der Waals surface area contributed by atoms with Gasteiger partial charge < -0.3 is 9.47 Å². The summed E-state index contributed by atoms with van der Waals surface area (Å²) in [4.78, 5) is 12.1. The molecule has 1 rings (SSSR count). The summed E-state index contributed by atoms with van der Waals surface area (Å²) in [5.74, 6) is 0.0978. The van der Waals surface area contributed by atoms with Gasteiger partial charge in [-0.15, -0.1) is 0 Å². The minimum Gasteiger partial charge on any atom is -0.379 e. The number of ketones is 1. The van der Waals surface area contributed by atoms with Crippen molar-refractivity contribution in [3.63, 3.8) is 0 Å². The zero-order valence-electron chi connectivity index (χ0n) is 11.4. The quantitative estimate of drug-likeness (QED) is 0.665. The van der Waals surface area contributed by atoms with Crippen LogP contribution in [-0.4, -0.2) is 32.2 Å². The summed E-state index contributed by atoms with van der Waals surface area (Å²) in [6.45, 7) is 2.09.